The number of halogens is 3. The molecule has 6 heteroatoms. The number of hydrogen-bond donors (Lipinski definition) is 1. The lowest BCUT2D eigenvalue weighted by Crippen LogP contribution is -2.44. The smallest absolute Gasteiger partial charge is 0.471 e. The largest absolute Gasteiger partial charge is 0.497 e. The van der Waals surface area contributed by atoms with E-state index < -0.39 is 23.5 Å². The first kappa shape index (κ1) is 18.8. The molecule has 2 aromatic rings. The van der Waals surface area contributed by atoms with Gasteiger partial charge in [-0.3, -0.25) is 4.79 Å². The van der Waals surface area contributed by atoms with Gasteiger partial charge >= 0.3 is 12.1 Å². The summed E-state index contributed by atoms with van der Waals surface area (Å²) in [6, 6.07) is 14.8. The van der Waals surface area contributed by atoms with Crippen LogP contribution in [0.25, 0.3) is 0 Å². The molecule has 4 rings (SSSR count). The van der Waals surface area contributed by atoms with Crippen molar-refractivity contribution in [2.45, 2.75) is 43.3 Å². The Labute approximate surface area is 161 Å². The molecule has 0 heterocycles. The van der Waals surface area contributed by atoms with Crippen LogP contribution in [0.2, 0.25) is 0 Å². The predicted octanol–water partition coefficient (Wildman–Crippen LogP) is 4.90. The standard InChI is InChI=1S/C22H22F3NO2/c1-28-15-10-11-17-16(13-15)19(26-20(27)22(23,24)25)18-9-5-6-12-21(17,18)14-7-3-2-4-8-14/h2-4,7-8,10-11,13,18-19H,5-6,9,12H2,1H3,(H,26,27)/t18?,19-,21?/m1/s1. The van der Waals surface area contributed by atoms with Crippen LogP contribution in [-0.2, 0) is 10.2 Å². The number of ether oxygens (including phenoxy) is 1. The van der Waals surface area contributed by atoms with Crippen LogP contribution < -0.4 is 10.1 Å². The van der Waals surface area contributed by atoms with Gasteiger partial charge < -0.3 is 10.1 Å². The van der Waals surface area contributed by atoms with Crippen molar-refractivity contribution in [3.63, 3.8) is 0 Å². The number of rotatable bonds is 3. The maximum Gasteiger partial charge on any atom is 0.471 e. The third kappa shape index (κ3) is 2.86. The molecule has 2 aromatic carbocycles. The van der Waals surface area contributed by atoms with Gasteiger partial charge in [0, 0.05) is 5.41 Å². The average molecular weight is 389 g/mol. The summed E-state index contributed by atoms with van der Waals surface area (Å²) in [6.45, 7) is 0. The quantitative estimate of drug-likeness (QED) is 0.811. The van der Waals surface area contributed by atoms with E-state index in [1.807, 2.05) is 42.5 Å². The topological polar surface area (TPSA) is 38.3 Å². The Balaban J connectivity index is 1.89. The fourth-order valence-corrected chi connectivity index (χ4v) is 5.18. The Morgan fingerprint density at radius 2 is 1.89 bits per heavy atom. The van der Waals surface area contributed by atoms with Crippen LogP contribution >= 0.6 is 0 Å². The minimum atomic E-state index is -4.91. The van der Waals surface area contributed by atoms with Crippen LogP contribution in [0.4, 0.5) is 13.2 Å². The van der Waals surface area contributed by atoms with E-state index in [1.165, 1.54) is 7.11 Å². The number of hydrogen-bond acceptors (Lipinski definition) is 2. The summed E-state index contributed by atoms with van der Waals surface area (Å²) >= 11 is 0. The molecule has 3 nitrogen and oxygen atoms in total. The highest BCUT2D eigenvalue weighted by Gasteiger charge is 2.55. The molecule has 0 saturated heterocycles. The van der Waals surface area contributed by atoms with Crippen molar-refractivity contribution >= 4 is 5.91 Å². The number of carbonyl (C=O) groups excluding carboxylic acids is 1. The molecule has 1 amide bonds. The van der Waals surface area contributed by atoms with Crippen LogP contribution in [0, 0.1) is 5.92 Å². The number of methoxy groups -OCH3 is 1. The summed E-state index contributed by atoms with van der Waals surface area (Å²) in [6.07, 6.45) is -1.38. The summed E-state index contributed by atoms with van der Waals surface area (Å²) in [7, 11) is 1.53. The van der Waals surface area contributed by atoms with Crippen molar-refractivity contribution in [1.82, 2.24) is 5.32 Å². The van der Waals surface area contributed by atoms with Gasteiger partial charge in [-0.1, -0.05) is 49.2 Å². The van der Waals surface area contributed by atoms with Gasteiger partial charge in [-0.2, -0.15) is 13.2 Å². The number of nitrogens with one attached hydrogen (secondary N) is 1. The maximum atomic E-state index is 13.0. The average Bonchev–Trinajstić information content (AvgIpc) is 2.98. The minimum Gasteiger partial charge on any atom is -0.497 e. The van der Waals surface area contributed by atoms with Crippen LogP contribution in [0.15, 0.2) is 48.5 Å². The SMILES string of the molecule is COc1ccc2c(c1)[C@@H](NC(=O)C(F)(F)F)C1CCCCC21c1ccccc1. The van der Waals surface area contributed by atoms with Gasteiger partial charge in [0.25, 0.3) is 0 Å². The monoisotopic (exact) mass is 389 g/mol. The van der Waals surface area contributed by atoms with E-state index in [4.69, 9.17) is 4.74 Å². The number of fused-ring (bicyclic) bond motifs is 3. The van der Waals surface area contributed by atoms with Crippen molar-refractivity contribution in [1.29, 1.82) is 0 Å². The van der Waals surface area contributed by atoms with Gasteiger partial charge in [-0.15, -0.1) is 0 Å². The lowest BCUT2D eigenvalue weighted by molar-refractivity contribution is -0.175. The lowest BCUT2D eigenvalue weighted by atomic mass is 9.61. The summed E-state index contributed by atoms with van der Waals surface area (Å²) in [5.41, 5.74) is 2.42. The lowest BCUT2D eigenvalue weighted by Gasteiger charge is -2.42. The van der Waals surface area contributed by atoms with E-state index in [0.29, 0.717) is 5.75 Å². The van der Waals surface area contributed by atoms with E-state index in [-0.39, 0.29) is 5.92 Å². The maximum absolute atomic E-state index is 13.0. The zero-order valence-electron chi connectivity index (χ0n) is 15.6. The zero-order valence-corrected chi connectivity index (χ0v) is 15.6. The molecule has 0 aromatic heterocycles. The van der Waals surface area contributed by atoms with Gasteiger partial charge in [0.15, 0.2) is 0 Å². The Kier molecular flexibility index (Phi) is 4.60. The van der Waals surface area contributed by atoms with Gasteiger partial charge in [-0.25, -0.2) is 0 Å². The Bertz CT molecular complexity index is 881. The molecule has 0 spiro atoms. The predicted molar refractivity (Wildman–Crippen MR) is 99.1 cm³/mol. The zero-order chi connectivity index (χ0) is 19.9. The third-order valence-electron chi connectivity index (χ3n) is 6.28. The van der Waals surface area contributed by atoms with Crippen molar-refractivity contribution in [3.8, 4) is 5.75 Å². The molecule has 148 valence electrons. The molecule has 28 heavy (non-hydrogen) atoms. The highest BCUT2D eigenvalue weighted by Crippen LogP contribution is 2.60. The first-order valence-electron chi connectivity index (χ1n) is 9.49. The normalized spacial score (nSPS) is 26.3. The molecule has 0 aliphatic heterocycles. The fourth-order valence-electron chi connectivity index (χ4n) is 5.18. The Morgan fingerprint density at radius 3 is 2.57 bits per heavy atom. The molecule has 0 bridgehead atoms. The van der Waals surface area contributed by atoms with E-state index >= 15 is 0 Å². The van der Waals surface area contributed by atoms with E-state index in [1.54, 1.807) is 6.07 Å². The molecular weight excluding hydrogens is 367 g/mol. The van der Waals surface area contributed by atoms with Crippen molar-refractivity contribution in [2.75, 3.05) is 7.11 Å². The van der Waals surface area contributed by atoms with Crippen molar-refractivity contribution in [2.24, 2.45) is 5.92 Å². The molecule has 3 atom stereocenters. The number of amides is 1. The van der Waals surface area contributed by atoms with Gasteiger partial charge in [-0.05, 0) is 47.6 Å². The number of carbonyl (C=O) groups is 1. The molecule has 1 saturated carbocycles. The second-order valence-corrected chi connectivity index (χ2v) is 7.59. The van der Waals surface area contributed by atoms with E-state index in [9.17, 15) is 18.0 Å². The van der Waals surface area contributed by atoms with Crippen LogP contribution in [-0.4, -0.2) is 19.2 Å². The van der Waals surface area contributed by atoms with Crippen molar-refractivity contribution in [3.05, 3.63) is 65.2 Å². The first-order valence-corrected chi connectivity index (χ1v) is 9.49. The molecule has 1 N–H and O–H groups in total. The highest BCUT2D eigenvalue weighted by molar-refractivity contribution is 5.82. The van der Waals surface area contributed by atoms with E-state index in [0.717, 1.165) is 42.4 Å². The molecule has 2 aliphatic carbocycles. The second kappa shape index (κ2) is 6.83. The summed E-state index contributed by atoms with van der Waals surface area (Å²) in [5.74, 6) is -1.44. The number of alkyl halides is 3. The third-order valence-corrected chi connectivity index (χ3v) is 6.28. The first-order chi connectivity index (χ1) is 13.4. The number of benzene rings is 2. The van der Waals surface area contributed by atoms with Gasteiger partial charge in [0.1, 0.15) is 5.75 Å². The molecule has 2 unspecified atom stereocenters. The summed E-state index contributed by atoms with van der Waals surface area (Å²) < 4.78 is 44.4. The van der Waals surface area contributed by atoms with Crippen LogP contribution in [0.5, 0.6) is 5.75 Å². The van der Waals surface area contributed by atoms with Crippen LogP contribution in [0.3, 0.4) is 0 Å². The van der Waals surface area contributed by atoms with Crippen molar-refractivity contribution < 1.29 is 22.7 Å². The molecule has 1 fully saturated rings. The van der Waals surface area contributed by atoms with E-state index in [2.05, 4.69) is 5.32 Å². The second-order valence-electron chi connectivity index (χ2n) is 7.59. The summed E-state index contributed by atoms with van der Waals surface area (Å²) in [4.78, 5) is 11.8. The molecule has 2 aliphatic rings. The Morgan fingerprint density at radius 1 is 1.14 bits per heavy atom. The fraction of sp³-hybridized carbons (Fsp3) is 0.409. The van der Waals surface area contributed by atoms with Crippen LogP contribution in [0.1, 0.15) is 48.4 Å². The molecule has 0 radical (unpaired) electrons. The highest BCUT2D eigenvalue weighted by atomic mass is 19.4. The Hall–Kier alpha value is -2.50. The summed E-state index contributed by atoms with van der Waals surface area (Å²) in [5, 5.41) is 2.30. The van der Waals surface area contributed by atoms with Gasteiger partial charge in [0.2, 0.25) is 0 Å². The molecular formula is C22H22F3NO2. The van der Waals surface area contributed by atoms with Gasteiger partial charge in [0.05, 0.1) is 13.2 Å². The minimum absolute atomic E-state index is 0.128.